The third kappa shape index (κ3) is 2.33. The lowest BCUT2D eigenvalue weighted by Gasteiger charge is -2.09. The Morgan fingerprint density at radius 1 is 1.33 bits per heavy atom. The number of nitrogens with zero attached hydrogens (tertiary/aromatic N) is 2. The largest absolute Gasteiger partial charge is 0.497 e. The summed E-state index contributed by atoms with van der Waals surface area (Å²) < 4.78 is 10.6. The van der Waals surface area contributed by atoms with Gasteiger partial charge in [0.1, 0.15) is 17.4 Å². The predicted octanol–water partition coefficient (Wildman–Crippen LogP) is 2.34. The zero-order chi connectivity index (χ0) is 13.0. The fourth-order valence-electron chi connectivity index (χ4n) is 1.39. The van der Waals surface area contributed by atoms with Gasteiger partial charge in [-0.1, -0.05) is 0 Å². The second-order valence-electron chi connectivity index (χ2n) is 3.47. The maximum absolute atomic E-state index is 8.94. The van der Waals surface area contributed by atoms with Crippen molar-refractivity contribution in [2.75, 3.05) is 12.8 Å². The van der Waals surface area contributed by atoms with Gasteiger partial charge in [0.15, 0.2) is 5.75 Å². The molecule has 1 aromatic heterocycles. The van der Waals surface area contributed by atoms with Gasteiger partial charge in [-0.25, -0.2) is 4.98 Å². The average molecular weight is 241 g/mol. The molecule has 5 nitrogen and oxygen atoms in total. The van der Waals surface area contributed by atoms with E-state index in [9.17, 15) is 0 Å². The number of benzene rings is 1. The van der Waals surface area contributed by atoms with Crippen LogP contribution in [0.15, 0.2) is 36.5 Å². The smallest absolute Gasteiger partial charge is 0.237 e. The zero-order valence-electron chi connectivity index (χ0n) is 9.75. The van der Waals surface area contributed by atoms with Crippen LogP contribution in [0.1, 0.15) is 5.56 Å². The van der Waals surface area contributed by atoms with Crippen molar-refractivity contribution in [3.05, 3.63) is 42.1 Å². The second-order valence-corrected chi connectivity index (χ2v) is 3.47. The molecule has 0 fully saturated rings. The van der Waals surface area contributed by atoms with Gasteiger partial charge < -0.3 is 15.2 Å². The summed E-state index contributed by atoms with van der Waals surface area (Å²) in [6.45, 7) is 0. The summed E-state index contributed by atoms with van der Waals surface area (Å²) in [5.41, 5.74) is 6.59. The Hall–Kier alpha value is -2.74. The molecule has 2 rings (SSSR count). The first-order valence-electron chi connectivity index (χ1n) is 5.21. The molecule has 2 aromatic rings. The van der Waals surface area contributed by atoms with Crippen molar-refractivity contribution in [2.45, 2.75) is 0 Å². The number of rotatable bonds is 3. The quantitative estimate of drug-likeness (QED) is 0.834. The number of nitrogens with two attached hydrogens (primary N) is 1. The Bertz CT molecular complexity index is 605. The molecule has 0 atom stereocenters. The molecule has 0 bridgehead atoms. The monoisotopic (exact) mass is 241 g/mol. The van der Waals surface area contributed by atoms with Crippen LogP contribution in [0, 0.1) is 11.3 Å². The number of hydrogen-bond acceptors (Lipinski definition) is 5. The Morgan fingerprint density at radius 3 is 2.89 bits per heavy atom. The first kappa shape index (κ1) is 11.7. The number of aromatic nitrogens is 1. The van der Waals surface area contributed by atoms with Gasteiger partial charge in [-0.05, 0) is 24.3 Å². The lowest BCUT2D eigenvalue weighted by Crippen LogP contribution is -1.96. The first-order chi connectivity index (χ1) is 8.74. The van der Waals surface area contributed by atoms with Crippen LogP contribution >= 0.6 is 0 Å². The first-order valence-corrected chi connectivity index (χ1v) is 5.21. The third-order valence-electron chi connectivity index (χ3n) is 2.32. The van der Waals surface area contributed by atoms with Crippen LogP contribution < -0.4 is 15.2 Å². The van der Waals surface area contributed by atoms with Crippen molar-refractivity contribution < 1.29 is 9.47 Å². The SMILES string of the molecule is COc1ccc(N)c(Oc2ncccc2C#N)c1. The normalized spacial score (nSPS) is 9.56. The molecule has 1 heterocycles. The van der Waals surface area contributed by atoms with Crippen LogP contribution in [-0.2, 0) is 0 Å². The van der Waals surface area contributed by atoms with E-state index in [-0.39, 0.29) is 5.88 Å². The molecule has 0 radical (unpaired) electrons. The number of methoxy groups -OCH3 is 1. The number of nitrogen functional groups attached to an aromatic ring is 1. The van der Waals surface area contributed by atoms with Crippen molar-refractivity contribution in [2.24, 2.45) is 0 Å². The molecular weight excluding hydrogens is 230 g/mol. The molecule has 0 spiro atoms. The molecule has 2 N–H and O–H groups in total. The highest BCUT2D eigenvalue weighted by Crippen LogP contribution is 2.31. The molecule has 90 valence electrons. The fraction of sp³-hybridized carbons (Fsp3) is 0.0769. The topological polar surface area (TPSA) is 81.2 Å². The summed E-state index contributed by atoms with van der Waals surface area (Å²) >= 11 is 0. The van der Waals surface area contributed by atoms with Crippen LogP contribution in [0.2, 0.25) is 0 Å². The van der Waals surface area contributed by atoms with Crippen molar-refractivity contribution in [3.8, 4) is 23.4 Å². The molecule has 0 aliphatic carbocycles. The summed E-state index contributed by atoms with van der Waals surface area (Å²) in [7, 11) is 1.55. The van der Waals surface area contributed by atoms with E-state index in [0.29, 0.717) is 22.7 Å². The van der Waals surface area contributed by atoms with Crippen LogP contribution in [0.4, 0.5) is 5.69 Å². The summed E-state index contributed by atoms with van der Waals surface area (Å²) in [6.07, 6.45) is 1.55. The van der Waals surface area contributed by atoms with E-state index >= 15 is 0 Å². The van der Waals surface area contributed by atoms with E-state index in [4.69, 9.17) is 20.5 Å². The highest BCUT2D eigenvalue weighted by atomic mass is 16.5. The lowest BCUT2D eigenvalue weighted by molar-refractivity contribution is 0.407. The third-order valence-corrected chi connectivity index (χ3v) is 2.32. The number of ether oxygens (including phenoxy) is 2. The zero-order valence-corrected chi connectivity index (χ0v) is 9.75. The van der Waals surface area contributed by atoms with Crippen molar-refractivity contribution in [3.63, 3.8) is 0 Å². The number of hydrogen-bond donors (Lipinski definition) is 1. The predicted molar refractivity (Wildman–Crippen MR) is 66.4 cm³/mol. The van der Waals surface area contributed by atoms with Gasteiger partial charge in [0.05, 0.1) is 12.8 Å². The van der Waals surface area contributed by atoms with Gasteiger partial charge in [-0.15, -0.1) is 0 Å². The summed E-state index contributed by atoms with van der Waals surface area (Å²) in [5, 5.41) is 8.94. The second kappa shape index (κ2) is 5.06. The highest BCUT2D eigenvalue weighted by Gasteiger charge is 2.08. The molecular formula is C13H11N3O2. The number of anilines is 1. The Morgan fingerprint density at radius 2 is 2.17 bits per heavy atom. The highest BCUT2D eigenvalue weighted by molar-refractivity contribution is 5.57. The maximum Gasteiger partial charge on any atom is 0.237 e. The minimum Gasteiger partial charge on any atom is -0.497 e. The minimum atomic E-state index is 0.222. The molecule has 1 aromatic carbocycles. The Kier molecular flexibility index (Phi) is 3.30. The Balaban J connectivity index is 2.37. The Labute approximate surface area is 104 Å². The van der Waals surface area contributed by atoms with Crippen molar-refractivity contribution in [1.82, 2.24) is 4.98 Å². The van der Waals surface area contributed by atoms with Gasteiger partial charge in [0, 0.05) is 12.3 Å². The number of nitriles is 1. The molecule has 0 saturated carbocycles. The molecule has 5 heteroatoms. The van der Waals surface area contributed by atoms with E-state index in [1.165, 1.54) is 0 Å². The molecule has 0 aliphatic rings. The molecule has 0 saturated heterocycles. The lowest BCUT2D eigenvalue weighted by atomic mass is 10.2. The van der Waals surface area contributed by atoms with Crippen LogP contribution in [0.25, 0.3) is 0 Å². The van der Waals surface area contributed by atoms with Gasteiger partial charge in [-0.3, -0.25) is 0 Å². The molecule has 0 aliphatic heterocycles. The maximum atomic E-state index is 8.94. The summed E-state index contributed by atoms with van der Waals surface area (Å²) in [4.78, 5) is 4.00. The van der Waals surface area contributed by atoms with Crippen LogP contribution in [0.5, 0.6) is 17.4 Å². The van der Waals surface area contributed by atoms with E-state index < -0.39 is 0 Å². The van der Waals surface area contributed by atoms with Crippen molar-refractivity contribution in [1.29, 1.82) is 5.26 Å². The van der Waals surface area contributed by atoms with Gasteiger partial charge in [0.25, 0.3) is 0 Å². The van der Waals surface area contributed by atoms with E-state index in [1.807, 2.05) is 6.07 Å². The minimum absolute atomic E-state index is 0.222. The molecule has 0 unspecified atom stereocenters. The van der Waals surface area contributed by atoms with Gasteiger partial charge in [0.2, 0.25) is 5.88 Å². The molecule has 0 amide bonds. The summed E-state index contributed by atoms with van der Waals surface area (Å²) in [5.74, 6) is 1.25. The average Bonchev–Trinajstić information content (AvgIpc) is 2.42. The van der Waals surface area contributed by atoms with Crippen LogP contribution in [-0.4, -0.2) is 12.1 Å². The van der Waals surface area contributed by atoms with E-state index in [1.54, 1.807) is 43.6 Å². The standard InChI is InChI=1S/C13H11N3O2/c1-17-10-4-5-11(15)12(7-10)18-13-9(8-14)3-2-6-16-13/h2-7H,15H2,1H3. The van der Waals surface area contributed by atoms with Crippen LogP contribution in [0.3, 0.4) is 0 Å². The number of pyridine rings is 1. The van der Waals surface area contributed by atoms with Gasteiger partial charge in [-0.2, -0.15) is 5.26 Å². The fourth-order valence-corrected chi connectivity index (χ4v) is 1.39. The molecule has 18 heavy (non-hydrogen) atoms. The van der Waals surface area contributed by atoms with E-state index in [0.717, 1.165) is 0 Å². The van der Waals surface area contributed by atoms with E-state index in [2.05, 4.69) is 4.98 Å². The summed E-state index contributed by atoms with van der Waals surface area (Å²) in [6, 6.07) is 10.3. The van der Waals surface area contributed by atoms with Gasteiger partial charge >= 0.3 is 0 Å². The van der Waals surface area contributed by atoms with Crippen molar-refractivity contribution >= 4 is 5.69 Å².